The summed E-state index contributed by atoms with van der Waals surface area (Å²) in [6.07, 6.45) is 2.31. The van der Waals surface area contributed by atoms with E-state index < -0.39 is 0 Å². The molecular formula is C13H14O2. The predicted octanol–water partition coefficient (Wildman–Crippen LogP) is 3.18. The Hall–Kier alpha value is -1.57. The Morgan fingerprint density at radius 1 is 1.33 bits per heavy atom. The first-order chi connectivity index (χ1) is 7.22. The van der Waals surface area contributed by atoms with Crippen LogP contribution >= 0.6 is 0 Å². The van der Waals surface area contributed by atoms with Crippen molar-refractivity contribution in [2.45, 2.75) is 26.7 Å². The minimum atomic E-state index is 0.574. The van der Waals surface area contributed by atoms with Gasteiger partial charge in [-0.2, -0.15) is 0 Å². The number of hydrogen-bond acceptors (Lipinski definition) is 2. The summed E-state index contributed by atoms with van der Waals surface area (Å²) in [6, 6.07) is 6.16. The minimum absolute atomic E-state index is 0.574. The first-order valence-electron chi connectivity index (χ1n) is 5.14. The van der Waals surface area contributed by atoms with E-state index >= 15 is 0 Å². The summed E-state index contributed by atoms with van der Waals surface area (Å²) in [5, 5.41) is 1.17. The third kappa shape index (κ3) is 1.80. The van der Waals surface area contributed by atoms with Gasteiger partial charge < -0.3 is 9.21 Å². The number of hydrogen-bond donors (Lipinski definition) is 0. The average molecular weight is 202 g/mol. The van der Waals surface area contributed by atoms with E-state index in [9.17, 15) is 4.79 Å². The van der Waals surface area contributed by atoms with Crippen molar-refractivity contribution >= 4 is 17.3 Å². The lowest BCUT2D eigenvalue weighted by molar-refractivity contribution is -0.107. The second-order valence-corrected chi connectivity index (χ2v) is 3.82. The van der Waals surface area contributed by atoms with Gasteiger partial charge in [0.25, 0.3) is 0 Å². The van der Waals surface area contributed by atoms with Crippen LogP contribution in [0.1, 0.15) is 23.3 Å². The van der Waals surface area contributed by atoms with Gasteiger partial charge in [-0.1, -0.05) is 12.1 Å². The number of carbonyl (C=O) groups is 1. The van der Waals surface area contributed by atoms with E-state index in [0.29, 0.717) is 6.42 Å². The molecule has 0 aliphatic rings. The Kier molecular flexibility index (Phi) is 2.58. The summed E-state index contributed by atoms with van der Waals surface area (Å²) >= 11 is 0. The monoisotopic (exact) mass is 202 g/mol. The molecule has 78 valence electrons. The van der Waals surface area contributed by atoms with Gasteiger partial charge in [-0.25, -0.2) is 0 Å². The van der Waals surface area contributed by atoms with Crippen molar-refractivity contribution in [2.24, 2.45) is 0 Å². The van der Waals surface area contributed by atoms with Gasteiger partial charge in [-0.3, -0.25) is 0 Å². The third-order valence-corrected chi connectivity index (χ3v) is 2.79. The molecule has 0 N–H and O–H groups in total. The lowest BCUT2D eigenvalue weighted by Gasteiger charge is -1.97. The molecule has 2 rings (SSSR count). The maximum absolute atomic E-state index is 10.3. The Morgan fingerprint density at radius 3 is 2.87 bits per heavy atom. The molecule has 0 amide bonds. The number of aldehydes is 1. The van der Waals surface area contributed by atoms with E-state index in [4.69, 9.17) is 4.42 Å². The van der Waals surface area contributed by atoms with E-state index in [0.717, 1.165) is 29.6 Å². The molecule has 0 spiro atoms. The number of carbonyl (C=O) groups excluding carboxylic acids is 1. The molecule has 0 fully saturated rings. The van der Waals surface area contributed by atoms with Crippen molar-refractivity contribution in [3.05, 3.63) is 35.1 Å². The van der Waals surface area contributed by atoms with Crippen LogP contribution in [0.15, 0.2) is 22.6 Å². The molecule has 2 heteroatoms. The van der Waals surface area contributed by atoms with Crippen molar-refractivity contribution in [1.29, 1.82) is 0 Å². The van der Waals surface area contributed by atoms with Gasteiger partial charge in [-0.05, 0) is 37.5 Å². The molecule has 1 aromatic carbocycles. The minimum Gasteiger partial charge on any atom is -0.461 e. The molecule has 0 aliphatic carbocycles. The quantitative estimate of drug-likeness (QED) is 0.715. The maximum atomic E-state index is 10.3. The topological polar surface area (TPSA) is 30.2 Å². The van der Waals surface area contributed by atoms with Crippen LogP contribution < -0.4 is 0 Å². The van der Waals surface area contributed by atoms with Crippen LogP contribution in [0, 0.1) is 13.8 Å². The normalized spacial score (nSPS) is 10.8. The highest BCUT2D eigenvalue weighted by molar-refractivity contribution is 5.82. The van der Waals surface area contributed by atoms with Gasteiger partial charge in [0.05, 0.1) is 0 Å². The molecule has 0 radical (unpaired) electrons. The predicted molar refractivity (Wildman–Crippen MR) is 60.1 cm³/mol. The number of furan rings is 1. The van der Waals surface area contributed by atoms with Gasteiger partial charge in [-0.15, -0.1) is 0 Å². The van der Waals surface area contributed by atoms with Crippen molar-refractivity contribution < 1.29 is 9.21 Å². The van der Waals surface area contributed by atoms with Crippen LogP contribution in [0.25, 0.3) is 11.0 Å². The van der Waals surface area contributed by atoms with Crippen molar-refractivity contribution in [3.8, 4) is 0 Å². The molecule has 15 heavy (non-hydrogen) atoms. The van der Waals surface area contributed by atoms with Crippen molar-refractivity contribution in [2.75, 3.05) is 0 Å². The standard InChI is InChI=1S/C13H14O2/c1-9-10(2)15-13-8-11(4-3-7-14)5-6-12(9)13/h5-8H,3-4H2,1-2H3. The van der Waals surface area contributed by atoms with E-state index in [2.05, 4.69) is 19.1 Å². The smallest absolute Gasteiger partial charge is 0.134 e. The number of rotatable bonds is 3. The summed E-state index contributed by atoms with van der Waals surface area (Å²) < 4.78 is 5.63. The Balaban J connectivity index is 2.43. The lowest BCUT2D eigenvalue weighted by Crippen LogP contribution is -1.85. The van der Waals surface area contributed by atoms with Crippen LogP contribution in [0.3, 0.4) is 0 Å². The number of fused-ring (bicyclic) bond motifs is 1. The molecule has 0 unspecified atom stereocenters. The molecule has 0 bridgehead atoms. The van der Waals surface area contributed by atoms with Gasteiger partial charge in [0.1, 0.15) is 17.6 Å². The molecule has 0 aliphatic heterocycles. The summed E-state index contributed by atoms with van der Waals surface area (Å²) in [5.74, 6) is 0.970. The van der Waals surface area contributed by atoms with E-state index in [1.54, 1.807) is 0 Å². The highest BCUT2D eigenvalue weighted by Gasteiger charge is 2.06. The summed E-state index contributed by atoms with van der Waals surface area (Å²) in [4.78, 5) is 10.3. The van der Waals surface area contributed by atoms with Crippen LogP contribution in [0.4, 0.5) is 0 Å². The van der Waals surface area contributed by atoms with Crippen molar-refractivity contribution in [1.82, 2.24) is 0 Å². The molecule has 2 nitrogen and oxygen atoms in total. The maximum Gasteiger partial charge on any atom is 0.134 e. The van der Waals surface area contributed by atoms with Gasteiger partial charge in [0, 0.05) is 11.8 Å². The Bertz CT molecular complexity index is 494. The Morgan fingerprint density at radius 2 is 2.13 bits per heavy atom. The zero-order valence-electron chi connectivity index (χ0n) is 9.04. The fourth-order valence-electron chi connectivity index (χ4n) is 1.77. The summed E-state index contributed by atoms with van der Waals surface area (Å²) in [6.45, 7) is 4.03. The molecule has 1 heterocycles. The second kappa shape index (κ2) is 3.89. The first-order valence-corrected chi connectivity index (χ1v) is 5.14. The third-order valence-electron chi connectivity index (χ3n) is 2.79. The first kappa shape index (κ1) is 9.97. The van der Waals surface area contributed by atoms with Crippen LogP contribution in [-0.4, -0.2) is 6.29 Å². The fraction of sp³-hybridized carbons (Fsp3) is 0.308. The largest absolute Gasteiger partial charge is 0.461 e. The highest BCUT2D eigenvalue weighted by atomic mass is 16.3. The number of benzene rings is 1. The molecule has 0 saturated carbocycles. The molecular weight excluding hydrogens is 188 g/mol. The lowest BCUT2D eigenvalue weighted by atomic mass is 10.1. The highest BCUT2D eigenvalue weighted by Crippen LogP contribution is 2.25. The van der Waals surface area contributed by atoms with E-state index in [1.807, 2.05) is 13.0 Å². The molecule has 0 atom stereocenters. The molecule has 1 aromatic heterocycles. The zero-order chi connectivity index (χ0) is 10.8. The van der Waals surface area contributed by atoms with Gasteiger partial charge in [0.2, 0.25) is 0 Å². The SMILES string of the molecule is Cc1oc2cc(CCC=O)ccc2c1C. The van der Waals surface area contributed by atoms with Crippen LogP contribution in [-0.2, 0) is 11.2 Å². The van der Waals surface area contributed by atoms with Crippen LogP contribution in [0.5, 0.6) is 0 Å². The van der Waals surface area contributed by atoms with Gasteiger partial charge >= 0.3 is 0 Å². The second-order valence-electron chi connectivity index (χ2n) is 3.82. The summed E-state index contributed by atoms with van der Waals surface area (Å²) in [7, 11) is 0. The van der Waals surface area contributed by atoms with E-state index in [1.165, 1.54) is 10.9 Å². The zero-order valence-corrected chi connectivity index (χ0v) is 9.04. The molecule has 2 aromatic rings. The number of aryl methyl sites for hydroxylation is 3. The van der Waals surface area contributed by atoms with Gasteiger partial charge in [0.15, 0.2) is 0 Å². The Labute approximate surface area is 88.9 Å². The molecule has 0 saturated heterocycles. The van der Waals surface area contributed by atoms with Crippen molar-refractivity contribution in [3.63, 3.8) is 0 Å². The fourth-order valence-corrected chi connectivity index (χ4v) is 1.77. The summed E-state index contributed by atoms with van der Waals surface area (Å²) in [5.41, 5.74) is 3.28. The van der Waals surface area contributed by atoms with Crippen LogP contribution in [0.2, 0.25) is 0 Å². The van der Waals surface area contributed by atoms with E-state index in [-0.39, 0.29) is 0 Å². The average Bonchev–Trinajstić information content (AvgIpc) is 2.52.